The average Bonchev–Trinajstić information content (AvgIpc) is 3.01. The molecule has 12 heteroatoms. The van der Waals surface area contributed by atoms with Crippen LogP contribution in [0.2, 0.25) is 0 Å². The van der Waals surface area contributed by atoms with Gasteiger partial charge in [0.25, 0.3) is 6.20 Å². The smallest absolute Gasteiger partial charge is 0.324 e. The van der Waals surface area contributed by atoms with Gasteiger partial charge in [0.1, 0.15) is 11.6 Å². The summed E-state index contributed by atoms with van der Waals surface area (Å²) in [5.74, 6) is 0.239. The quantitative estimate of drug-likeness (QED) is 0.204. The van der Waals surface area contributed by atoms with Gasteiger partial charge in [-0.25, -0.2) is 15.0 Å². The molecule has 0 unspecified atom stereocenters. The van der Waals surface area contributed by atoms with Crippen LogP contribution < -0.4 is 26.4 Å². The van der Waals surface area contributed by atoms with Crippen molar-refractivity contribution in [2.45, 2.75) is 5.16 Å². The standard InChI is InChI=1S/C12H16N8O3S/c13-8-5-9(14)16-12(15-8)24-7-10(21)17-11-6-20(18-23-11)19-1-3-22-4-2-19/h5-6H,1-4,7H2,(H4-,13,14,15,16,17,18,21). The third-order valence-corrected chi connectivity index (χ3v) is 3.86. The van der Waals surface area contributed by atoms with Crippen LogP contribution in [0.5, 0.6) is 0 Å². The highest BCUT2D eigenvalue weighted by Crippen LogP contribution is 2.16. The van der Waals surface area contributed by atoms with Gasteiger partial charge in [-0.2, -0.15) is 0 Å². The van der Waals surface area contributed by atoms with Crippen molar-refractivity contribution >= 4 is 35.2 Å². The minimum Gasteiger partial charge on any atom is -0.861 e. The number of hydrogen-bond donors (Lipinski definition) is 2. The molecule has 24 heavy (non-hydrogen) atoms. The molecular formula is C12H16N8O3S. The first-order valence-corrected chi connectivity index (χ1v) is 8.08. The van der Waals surface area contributed by atoms with Gasteiger partial charge >= 0.3 is 5.88 Å². The summed E-state index contributed by atoms with van der Waals surface area (Å²) in [6, 6.07) is 1.44. The van der Waals surface area contributed by atoms with Gasteiger partial charge in [-0.3, -0.25) is 4.52 Å². The summed E-state index contributed by atoms with van der Waals surface area (Å²) in [4.78, 5) is 13.3. The van der Waals surface area contributed by atoms with E-state index < -0.39 is 5.90 Å². The molecule has 2 aromatic heterocycles. The van der Waals surface area contributed by atoms with Crippen molar-refractivity contribution in [1.29, 1.82) is 0 Å². The van der Waals surface area contributed by atoms with E-state index in [1.807, 2.05) is 5.01 Å². The SMILES string of the molecule is Nc1cc(N)nc(SC/C([O-])=N/c2c[n+](N3CCOCC3)no2)n1. The highest BCUT2D eigenvalue weighted by Gasteiger charge is 2.22. The van der Waals surface area contributed by atoms with E-state index in [9.17, 15) is 5.11 Å². The first kappa shape index (κ1) is 16.3. The Morgan fingerprint density at radius 1 is 1.33 bits per heavy atom. The summed E-state index contributed by atoms with van der Waals surface area (Å²) in [6.07, 6.45) is 1.54. The van der Waals surface area contributed by atoms with Crippen molar-refractivity contribution in [3.05, 3.63) is 12.3 Å². The lowest BCUT2D eigenvalue weighted by molar-refractivity contribution is -0.759. The molecule has 11 nitrogen and oxygen atoms in total. The van der Waals surface area contributed by atoms with Crippen LogP contribution in [0.4, 0.5) is 17.5 Å². The largest absolute Gasteiger partial charge is 0.861 e. The zero-order chi connectivity index (χ0) is 16.9. The van der Waals surface area contributed by atoms with Crippen LogP contribution in [-0.2, 0) is 4.74 Å². The fourth-order valence-electron chi connectivity index (χ4n) is 1.98. The number of nitrogen functional groups attached to an aromatic ring is 2. The molecule has 1 saturated heterocycles. The van der Waals surface area contributed by atoms with Crippen molar-refractivity contribution in [3.8, 4) is 0 Å². The molecule has 2 aromatic rings. The second-order valence-corrected chi connectivity index (χ2v) is 5.76. The monoisotopic (exact) mass is 352 g/mol. The van der Waals surface area contributed by atoms with Crippen molar-refractivity contribution in [3.63, 3.8) is 0 Å². The predicted octanol–water partition coefficient (Wildman–Crippen LogP) is -1.93. The van der Waals surface area contributed by atoms with Gasteiger partial charge in [-0.1, -0.05) is 11.8 Å². The summed E-state index contributed by atoms with van der Waals surface area (Å²) < 4.78 is 10.3. The number of aromatic nitrogens is 4. The summed E-state index contributed by atoms with van der Waals surface area (Å²) in [5, 5.41) is 18.0. The van der Waals surface area contributed by atoms with E-state index in [0.29, 0.717) is 31.5 Å². The van der Waals surface area contributed by atoms with Crippen LogP contribution in [0.1, 0.15) is 0 Å². The molecule has 3 rings (SSSR count). The van der Waals surface area contributed by atoms with E-state index in [1.54, 1.807) is 6.20 Å². The Morgan fingerprint density at radius 3 is 2.75 bits per heavy atom. The summed E-state index contributed by atoms with van der Waals surface area (Å²) in [7, 11) is 0. The molecule has 0 saturated carbocycles. The molecule has 0 radical (unpaired) electrons. The number of hydrogen-bond acceptors (Lipinski definition) is 11. The number of anilines is 2. The van der Waals surface area contributed by atoms with Gasteiger partial charge in [-0.15, -0.1) is 5.01 Å². The van der Waals surface area contributed by atoms with Gasteiger partial charge in [0, 0.05) is 11.8 Å². The van der Waals surface area contributed by atoms with Crippen LogP contribution in [0.3, 0.4) is 0 Å². The lowest BCUT2D eigenvalue weighted by Crippen LogP contribution is -2.62. The second-order valence-electron chi connectivity index (χ2n) is 4.82. The van der Waals surface area contributed by atoms with Gasteiger partial charge < -0.3 is 21.3 Å². The average molecular weight is 352 g/mol. The molecule has 0 bridgehead atoms. The Morgan fingerprint density at radius 2 is 2.04 bits per heavy atom. The molecule has 3 heterocycles. The maximum absolute atomic E-state index is 11.9. The lowest BCUT2D eigenvalue weighted by atomic mass is 10.5. The molecule has 0 amide bonds. The van der Waals surface area contributed by atoms with Crippen molar-refractivity contribution in [1.82, 2.24) is 15.2 Å². The number of nitrogens with zero attached hydrogens (tertiary/aromatic N) is 6. The van der Waals surface area contributed by atoms with Crippen LogP contribution in [0, 0.1) is 0 Å². The number of ether oxygens (including phenoxy) is 1. The molecule has 1 fully saturated rings. The zero-order valence-electron chi connectivity index (χ0n) is 12.7. The summed E-state index contributed by atoms with van der Waals surface area (Å²) in [5.41, 5.74) is 11.1. The first-order chi connectivity index (χ1) is 11.6. The van der Waals surface area contributed by atoms with E-state index in [0.717, 1.165) is 11.8 Å². The van der Waals surface area contributed by atoms with E-state index in [4.69, 9.17) is 20.7 Å². The molecule has 0 atom stereocenters. The topological polar surface area (TPSA) is 156 Å². The third kappa shape index (κ3) is 4.23. The van der Waals surface area contributed by atoms with Crippen LogP contribution in [-0.4, -0.2) is 53.2 Å². The molecular weight excluding hydrogens is 336 g/mol. The fourth-order valence-corrected chi connectivity index (χ4v) is 2.64. The van der Waals surface area contributed by atoms with E-state index in [-0.39, 0.29) is 23.3 Å². The molecule has 0 aromatic carbocycles. The molecule has 0 aliphatic carbocycles. The second kappa shape index (κ2) is 7.31. The van der Waals surface area contributed by atoms with Crippen molar-refractivity contribution in [2.75, 3.05) is 48.5 Å². The Balaban J connectivity index is 1.60. The first-order valence-electron chi connectivity index (χ1n) is 7.09. The molecule has 1 aliphatic rings. The van der Waals surface area contributed by atoms with E-state index >= 15 is 0 Å². The van der Waals surface area contributed by atoms with Crippen LogP contribution in [0.15, 0.2) is 26.9 Å². The number of nitrogens with two attached hydrogens (primary N) is 2. The van der Waals surface area contributed by atoms with Gasteiger partial charge in [0.15, 0.2) is 5.16 Å². The minimum absolute atomic E-state index is 0.0289. The van der Waals surface area contributed by atoms with Crippen LogP contribution in [0.25, 0.3) is 0 Å². The highest BCUT2D eigenvalue weighted by molar-refractivity contribution is 7.99. The Hall–Kier alpha value is -2.60. The predicted molar refractivity (Wildman–Crippen MR) is 84.1 cm³/mol. The van der Waals surface area contributed by atoms with Gasteiger partial charge in [0.2, 0.25) is 5.27 Å². The maximum atomic E-state index is 11.9. The maximum Gasteiger partial charge on any atom is 0.324 e. The number of aliphatic imine (C=N–C) groups is 1. The third-order valence-electron chi connectivity index (χ3n) is 3.03. The molecule has 0 spiro atoms. The number of morpholine rings is 1. The van der Waals surface area contributed by atoms with Crippen molar-refractivity contribution < 1.29 is 19.2 Å². The normalized spacial score (nSPS) is 15.7. The van der Waals surface area contributed by atoms with E-state index in [2.05, 4.69) is 20.2 Å². The highest BCUT2D eigenvalue weighted by atomic mass is 32.2. The Labute approximate surface area is 141 Å². The van der Waals surface area contributed by atoms with Crippen molar-refractivity contribution in [2.24, 2.45) is 4.99 Å². The zero-order valence-corrected chi connectivity index (χ0v) is 13.5. The Kier molecular flexibility index (Phi) is 4.96. The van der Waals surface area contributed by atoms with Crippen LogP contribution >= 0.6 is 11.8 Å². The minimum atomic E-state index is -0.408. The summed E-state index contributed by atoms with van der Waals surface area (Å²) >= 11 is 1.09. The molecule has 128 valence electrons. The number of rotatable bonds is 5. The molecule has 4 N–H and O–H groups in total. The van der Waals surface area contributed by atoms with Gasteiger partial charge in [0.05, 0.1) is 31.1 Å². The van der Waals surface area contributed by atoms with E-state index in [1.165, 1.54) is 10.9 Å². The summed E-state index contributed by atoms with van der Waals surface area (Å²) in [6.45, 7) is 2.61. The fraction of sp³-hybridized carbons (Fsp3) is 0.417. The Bertz CT molecular complexity index is 711. The van der Waals surface area contributed by atoms with Gasteiger partial charge in [-0.05, 0) is 5.90 Å². The lowest BCUT2D eigenvalue weighted by Gasteiger charge is -2.18. The molecule has 1 aliphatic heterocycles. The number of thioether (sulfide) groups is 1.